The molecule has 6 heteroatoms. The molecule has 0 spiro atoms. The highest BCUT2D eigenvalue weighted by molar-refractivity contribution is 8.00. The Hall–Kier alpha value is -1.56. The van der Waals surface area contributed by atoms with E-state index in [0.29, 0.717) is 10.6 Å². The Bertz CT molecular complexity index is 437. The average molecular weight is 257 g/mol. The maximum absolute atomic E-state index is 13.5. The van der Waals surface area contributed by atoms with Crippen molar-refractivity contribution in [3.8, 4) is 0 Å². The van der Waals surface area contributed by atoms with E-state index in [9.17, 15) is 14.0 Å². The lowest BCUT2D eigenvalue weighted by Gasteiger charge is -2.05. The standard InChI is InChI=1S/C11H12FNO3S/c1-7(14)13-8-3-4-10(9(12)5-8)17-6-11(15)16-2/h3-5H,6H2,1-2H3,(H,13,14). The van der Waals surface area contributed by atoms with Crippen molar-refractivity contribution in [1.29, 1.82) is 0 Å². The lowest BCUT2D eigenvalue weighted by atomic mass is 10.3. The van der Waals surface area contributed by atoms with Crippen molar-refractivity contribution in [1.82, 2.24) is 0 Å². The monoisotopic (exact) mass is 257 g/mol. The number of nitrogens with one attached hydrogen (secondary N) is 1. The summed E-state index contributed by atoms with van der Waals surface area (Å²) >= 11 is 1.05. The topological polar surface area (TPSA) is 55.4 Å². The summed E-state index contributed by atoms with van der Waals surface area (Å²) in [4.78, 5) is 22.0. The smallest absolute Gasteiger partial charge is 0.315 e. The molecule has 0 fully saturated rings. The molecular weight excluding hydrogens is 245 g/mol. The van der Waals surface area contributed by atoms with Gasteiger partial charge < -0.3 is 10.1 Å². The number of ether oxygens (including phenoxy) is 1. The first-order chi connectivity index (χ1) is 8.02. The third kappa shape index (κ3) is 4.44. The number of halogens is 1. The van der Waals surface area contributed by atoms with Crippen LogP contribution < -0.4 is 5.32 Å². The van der Waals surface area contributed by atoms with Crippen LogP contribution in [0.3, 0.4) is 0 Å². The SMILES string of the molecule is COC(=O)CSc1ccc(NC(C)=O)cc1F. The number of amides is 1. The molecule has 17 heavy (non-hydrogen) atoms. The predicted molar refractivity (Wildman–Crippen MR) is 63.4 cm³/mol. The molecule has 1 N–H and O–H groups in total. The number of anilines is 1. The first-order valence-electron chi connectivity index (χ1n) is 4.79. The molecule has 0 aliphatic heterocycles. The molecule has 0 saturated heterocycles. The highest BCUT2D eigenvalue weighted by Gasteiger charge is 2.08. The Morgan fingerprint density at radius 3 is 2.71 bits per heavy atom. The summed E-state index contributed by atoms with van der Waals surface area (Å²) in [6.45, 7) is 1.35. The number of benzene rings is 1. The minimum atomic E-state index is -0.481. The zero-order valence-corrected chi connectivity index (χ0v) is 10.3. The first kappa shape index (κ1) is 13.5. The Labute approximate surface area is 103 Å². The van der Waals surface area contributed by atoms with Crippen LogP contribution in [0.25, 0.3) is 0 Å². The molecule has 92 valence electrons. The van der Waals surface area contributed by atoms with Crippen LogP contribution in [0.1, 0.15) is 6.92 Å². The Balaban J connectivity index is 2.69. The number of thioether (sulfide) groups is 1. The van der Waals surface area contributed by atoms with Crippen molar-refractivity contribution in [2.45, 2.75) is 11.8 Å². The number of carbonyl (C=O) groups excluding carboxylic acids is 2. The van der Waals surface area contributed by atoms with Crippen molar-refractivity contribution in [2.24, 2.45) is 0 Å². The maximum Gasteiger partial charge on any atom is 0.315 e. The van der Waals surface area contributed by atoms with Gasteiger partial charge in [-0.15, -0.1) is 11.8 Å². The lowest BCUT2D eigenvalue weighted by molar-refractivity contribution is -0.137. The number of methoxy groups -OCH3 is 1. The fourth-order valence-electron chi connectivity index (χ4n) is 1.09. The summed E-state index contributed by atoms with van der Waals surface area (Å²) in [6, 6.07) is 4.29. The van der Waals surface area contributed by atoms with E-state index in [0.717, 1.165) is 11.8 Å². The molecule has 0 unspecified atom stereocenters. The van der Waals surface area contributed by atoms with Gasteiger partial charge in [-0.2, -0.15) is 0 Å². The highest BCUT2D eigenvalue weighted by atomic mass is 32.2. The molecule has 1 rings (SSSR count). The molecule has 1 aromatic carbocycles. The average Bonchev–Trinajstić information content (AvgIpc) is 2.26. The van der Waals surface area contributed by atoms with Crippen molar-refractivity contribution in [3.63, 3.8) is 0 Å². The van der Waals surface area contributed by atoms with E-state index in [1.807, 2.05) is 0 Å². The number of esters is 1. The van der Waals surface area contributed by atoms with Crippen LogP contribution in [0, 0.1) is 5.82 Å². The zero-order valence-electron chi connectivity index (χ0n) is 9.45. The molecule has 0 atom stereocenters. The normalized spacial score (nSPS) is 9.82. The second-order valence-electron chi connectivity index (χ2n) is 3.19. The van der Waals surface area contributed by atoms with Crippen LogP contribution in [-0.2, 0) is 14.3 Å². The summed E-state index contributed by atoms with van der Waals surface area (Å²) in [5, 5.41) is 2.47. The zero-order chi connectivity index (χ0) is 12.8. The van der Waals surface area contributed by atoms with Gasteiger partial charge in [0.05, 0.1) is 12.9 Å². The molecule has 0 heterocycles. The Morgan fingerprint density at radius 1 is 1.47 bits per heavy atom. The van der Waals surface area contributed by atoms with Crippen molar-refractivity contribution < 1.29 is 18.7 Å². The van der Waals surface area contributed by atoms with Gasteiger partial charge in [-0.3, -0.25) is 9.59 Å². The van der Waals surface area contributed by atoms with Gasteiger partial charge in [0.1, 0.15) is 5.82 Å². The van der Waals surface area contributed by atoms with Crippen LogP contribution in [0.5, 0.6) is 0 Å². The highest BCUT2D eigenvalue weighted by Crippen LogP contribution is 2.24. The van der Waals surface area contributed by atoms with Crippen LogP contribution >= 0.6 is 11.8 Å². The first-order valence-corrected chi connectivity index (χ1v) is 5.78. The molecular formula is C11H12FNO3S. The van der Waals surface area contributed by atoms with E-state index in [4.69, 9.17) is 0 Å². The van der Waals surface area contributed by atoms with E-state index < -0.39 is 11.8 Å². The summed E-state index contributed by atoms with van der Waals surface area (Å²) in [5.41, 5.74) is 0.386. The van der Waals surface area contributed by atoms with Gasteiger partial charge in [0, 0.05) is 17.5 Å². The molecule has 4 nitrogen and oxygen atoms in total. The fourth-order valence-corrected chi connectivity index (χ4v) is 1.85. The van der Waals surface area contributed by atoms with Crippen LogP contribution in [0.2, 0.25) is 0 Å². The van der Waals surface area contributed by atoms with Crippen molar-refractivity contribution >= 4 is 29.3 Å². The minimum Gasteiger partial charge on any atom is -0.468 e. The van der Waals surface area contributed by atoms with Crippen LogP contribution in [-0.4, -0.2) is 24.7 Å². The second-order valence-corrected chi connectivity index (χ2v) is 4.21. The molecule has 0 saturated carbocycles. The molecule has 0 aliphatic carbocycles. The molecule has 0 aromatic heterocycles. The third-order valence-electron chi connectivity index (χ3n) is 1.83. The predicted octanol–water partition coefficient (Wildman–Crippen LogP) is 2.05. The Morgan fingerprint density at radius 2 is 2.18 bits per heavy atom. The molecule has 1 amide bonds. The fraction of sp³-hybridized carbons (Fsp3) is 0.273. The number of hydrogen-bond donors (Lipinski definition) is 1. The Kier molecular flexibility index (Phi) is 4.96. The second kappa shape index (κ2) is 6.24. The van der Waals surface area contributed by atoms with Gasteiger partial charge in [-0.25, -0.2) is 4.39 Å². The largest absolute Gasteiger partial charge is 0.468 e. The van der Waals surface area contributed by atoms with Crippen LogP contribution in [0.4, 0.5) is 10.1 Å². The quantitative estimate of drug-likeness (QED) is 0.662. The van der Waals surface area contributed by atoms with Gasteiger partial charge in [0.25, 0.3) is 0 Å². The van der Waals surface area contributed by atoms with E-state index in [1.54, 1.807) is 6.07 Å². The van der Waals surface area contributed by atoms with E-state index in [-0.39, 0.29) is 11.7 Å². The number of rotatable bonds is 4. The summed E-state index contributed by atoms with van der Waals surface area (Å²) in [6.07, 6.45) is 0. The summed E-state index contributed by atoms with van der Waals surface area (Å²) < 4.78 is 18.0. The van der Waals surface area contributed by atoms with Gasteiger partial charge in [-0.05, 0) is 18.2 Å². The number of carbonyl (C=O) groups is 2. The summed E-state index contributed by atoms with van der Waals surface area (Å²) in [7, 11) is 1.28. The van der Waals surface area contributed by atoms with Gasteiger partial charge >= 0.3 is 5.97 Å². The molecule has 1 aromatic rings. The lowest BCUT2D eigenvalue weighted by Crippen LogP contribution is -2.06. The van der Waals surface area contributed by atoms with Gasteiger partial charge in [-0.1, -0.05) is 0 Å². The maximum atomic E-state index is 13.5. The van der Waals surface area contributed by atoms with Crippen molar-refractivity contribution in [2.75, 3.05) is 18.2 Å². The van der Waals surface area contributed by atoms with E-state index >= 15 is 0 Å². The van der Waals surface area contributed by atoms with Gasteiger partial charge in [0.2, 0.25) is 5.91 Å². The van der Waals surface area contributed by atoms with E-state index in [2.05, 4.69) is 10.1 Å². The van der Waals surface area contributed by atoms with Crippen LogP contribution in [0.15, 0.2) is 23.1 Å². The molecule has 0 aliphatic rings. The summed E-state index contributed by atoms with van der Waals surface area (Å²) in [5.74, 6) is -1.11. The number of hydrogen-bond acceptors (Lipinski definition) is 4. The minimum absolute atomic E-state index is 0.0485. The molecule has 0 radical (unpaired) electrons. The van der Waals surface area contributed by atoms with E-state index in [1.165, 1.54) is 26.2 Å². The van der Waals surface area contributed by atoms with Crippen molar-refractivity contribution in [3.05, 3.63) is 24.0 Å². The van der Waals surface area contributed by atoms with Gasteiger partial charge in [0.15, 0.2) is 0 Å². The molecule has 0 bridgehead atoms. The third-order valence-corrected chi connectivity index (χ3v) is 2.85.